The molecule has 1 fully saturated rings. The van der Waals surface area contributed by atoms with Crippen LogP contribution in [0.3, 0.4) is 0 Å². The maximum absolute atomic E-state index is 13.4. The Labute approximate surface area is 198 Å². The van der Waals surface area contributed by atoms with Crippen molar-refractivity contribution in [3.63, 3.8) is 0 Å². The molecule has 1 aliphatic heterocycles. The van der Waals surface area contributed by atoms with Crippen molar-refractivity contribution < 1.29 is 9.69 Å². The van der Waals surface area contributed by atoms with Crippen LogP contribution in [-0.4, -0.2) is 42.0 Å². The number of nitrogen functional groups attached to an aromatic ring is 1. The van der Waals surface area contributed by atoms with E-state index in [1.807, 2.05) is 24.8 Å². The fourth-order valence-corrected chi connectivity index (χ4v) is 6.20. The molecule has 3 heterocycles. The average molecular weight is 458 g/mol. The molecule has 1 aliphatic rings. The van der Waals surface area contributed by atoms with Crippen LogP contribution in [0.25, 0.3) is 10.2 Å². The molecule has 4 aromatic rings. The molecular weight excluding hydrogens is 428 g/mol. The van der Waals surface area contributed by atoms with E-state index in [1.165, 1.54) is 27.4 Å². The number of aryl methyl sites for hydroxylation is 2. The molecule has 1 saturated heterocycles. The van der Waals surface area contributed by atoms with Crippen LogP contribution in [0.2, 0.25) is 0 Å². The molecule has 6 heteroatoms. The number of fused-ring (bicyclic) bond motifs is 1. The first-order valence-electron chi connectivity index (χ1n) is 11.4. The Balaban J connectivity index is 1.37. The molecule has 33 heavy (non-hydrogen) atoms. The number of anilines is 1. The Hall–Kier alpha value is -3.22. The summed E-state index contributed by atoms with van der Waals surface area (Å²) in [5, 5.41) is 0.923. The van der Waals surface area contributed by atoms with Crippen LogP contribution < -0.4 is 10.6 Å². The number of benzene rings is 2. The first kappa shape index (κ1) is 21.6. The minimum Gasteiger partial charge on any atom is -0.397 e. The Morgan fingerprint density at radius 1 is 1.00 bits per heavy atom. The van der Waals surface area contributed by atoms with Crippen molar-refractivity contribution in [3.05, 3.63) is 94.0 Å². The predicted octanol–water partition coefficient (Wildman–Crippen LogP) is 3.63. The van der Waals surface area contributed by atoms with Gasteiger partial charge in [0, 0.05) is 22.2 Å². The van der Waals surface area contributed by atoms with Gasteiger partial charge in [-0.15, -0.1) is 11.3 Å². The van der Waals surface area contributed by atoms with Gasteiger partial charge in [-0.05, 0) is 25.5 Å². The van der Waals surface area contributed by atoms with Gasteiger partial charge in [-0.3, -0.25) is 4.79 Å². The molecular formula is C27H29N4OS+. The molecule has 168 valence electrons. The Bertz CT molecular complexity index is 1240. The van der Waals surface area contributed by atoms with E-state index >= 15 is 0 Å². The van der Waals surface area contributed by atoms with Gasteiger partial charge in [-0.25, -0.2) is 4.98 Å². The van der Waals surface area contributed by atoms with Crippen LogP contribution in [0.1, 0.15) is 38.1 Å². The number of nitrogens with zero attached hydrogens (tertiary/aromatic N) is 2. The lowest BCUT2D eigenvalue weighted by Crippen LogP contribution is -3.15. The number of nitrogens with two attached hydrogens (primary N) is 1. The summed E-state index contributed by atoms with van der Waals surface area (Å²) in [5.41, 5.74) is 11.7. The lowest BCUT2D eigenvalue weighted by Gasteiger charge is -2.37. The molecule has 5 rings (SSSR count). The zero-order valence-corrected chi connectivity index (χ0v) is 19.9. The van der Waals surface area contributed by atoms with Crippen LogP contribution >= 0.6 is 11.3 Å². The summed E-state index contributed by atoms with van der Waals surface area (Å²) in [7, 11) is 0. The second-order valence-electron chi connectivity index (χ2n) is 8.81. The molecule has 2 aromatic heterocycles. The number of hydrogen-bond acceptors (Lipinski definition) is 4. The second-order valence-corrected chi connectivity index (χ2v) is 9.81. The monoisotopic (exact) mass is 457 g/mol. The van der Waals surface area contributed by atoms with Crippen molar-refractivity contribution >= 4 is 33.1 Å². The summed E-state index contributed by atoms with van der Waals surface area (Å²) in [6.45, 7) is 7.21. The van der Waals surface area contributed by atoms with Crippen LogP contribution in [-0.2, 0) is 0 Å². The summed E-state index contributed by atoms with van der Waals surface area (Å²) in [5.74, 6) is 0.0302. The SMILES string of the molecule is Cc1cc(C)c2c(N)c(C(=O)N3CC[NH+](C(c4ccccc4)c4ccccc4)CC3)sc2n1. The van der Waals surface area contributed by atoms with Gasteiger partial charge in [0.15, 0.2) is 0 Å². The maximum atomic E-state index is 13.4. The summed E-state index contributed by atoms with van der Waals surface area (Å²) in [6.07, 6.45) is 0. The maximum Gasteiger partial charge on any atom is 0.266 e. The number of thiophene rings is 1. The van der Waals surface area contributed by atoms with E-state index < -0.39 is 0 Å². The fourth-order valence-electron chi connectivity index (χ4n) is 5.01. The van der Waals surface area contributed by atoms with E-state index in [0.29, 0.717) is 23.7 Å². The van der Waals surface area contributed by atoms with Gasteiger partial charge >= 0.3 is 0 Å². The van der Waals surface area contributed by atoms with Crippen molar-refractivity contribution in [2.24, 2.45) is 0 Å². The number of quaternary nitrogens is 1. The van der Waals surface area contributed by atoms with Gasteiger partial charge in [0.2, 0.25) is 0 Å². The van der Waals surface area contributed by atoms with Gasteiger partial charge in [0.05, 0.1) is 31.9 Å². The van der Waals surface area contributed by atoms with E-state index in [2.05, 4.69) is 65.6 Å². The van der Waals surface area contributed by atoms with Crippen molar-refractivity contribution in [2.75, 3.05) is 31.9 Å². The molecule has 5 nitrogen and oxygen atoms in total. The second kappa shape index (κ2) is 8.96. The van der Waals surface area contributed by atoms with Gasteiger partial charge in [-0.1, -0.05) is 60.7 Å². The lowest BCUT2D eigenvalue weighted by atomic mass is 9.96. The molecule has 0 spiro atoms. The minimum absolute atomic E-state index is 0.0302. The molecule has 0 atom stereocenters. The van der Waals surface area contributed by atoms with Crippen molar-refractivity contribution in [3.8, 4) is 0 Å². The fraction of sp³-hybridized carbons (Fsp3) is 0.259. The largest absolute Gasteiger partial charge is 0.397 e. The third-order valence-electron chi connectivity index (χ3n) is 6.59. The van der Waals surface area contributed by atoms with Crippen molar-refractivity contribution in [1.82, 2.24) is 9.88 Å². The third kappa shape index (κ3) is 4.12. The van der Waals surface area contributed by atoms with E-state index in [9.17, 15) is 4.79 Å². The highest BCUT2D eigenvalue weighted by atomic mass is 32.1. The van der Waals surface area contributed by atoms with Gasteiger partial charge < -0.3 is 15.5 Å². The smallest absolute Gasteiger partial charge is 0.266 e. The Morgan fingerprint density at radius 3 is 2.15 bits per heavy atom. The number of amides is 1. The molecule has 0 saturated carbocycles. The molecule has 0 aliphatic carbocycles. The molecule has 3 N–H and O–H groups in total. The Morgan fingerprint density at radius 2 is 1.58 bits per heavy atom. The first-order chi connectivity index (χ1) is 16.0. The predicted molar refractivity (Wildman–Crippen MR) is 135 cm³/mol. The number of hydrogen-bond donors (Lipinski definition) is 2. The van der Waals surface area contributed by atoms with Gasteiger partial charge in [0.25, 0.3) is 5.91 Å². The van der Waals surface area contributed by atoms with E-state index in [4.69, 9.17) is 5.73 Å². The van der Waals surface area contributed by atoms with E-state index in [-0.39, 0.29) is 11.9 Å². The highest BCUT2D eigenvalue weighted by Gasteiger charge is 2.33. The zero-order chi connectivity index (χ0) is 22.9. The quantitative estimate of drug-likeness (QED) is 0.492. The number of carbonyl (C=O) groups is 1. The molecule has 1 amide bonds. The number of piperazine rings is 1. The first-order valence-corrected chi connectivity index (χ1v) is 12.2. The van der Waals surface area contributed by atoms with E-state index in [1.54, 1.807) is 0 Å². The van der Waals surface area contributed by atoms with Crippen LogP contribution in [0.15, 0.2) is 66.7 Å². The van der Waals surface area contributed by atoms with Crippen molar-refractivity contribution in [2.45, 2.75) is 19.9 Å². The summed E-state index contributed by atoms with van der Waals surface area (Å²) in [4.78, 5) is 22.9. The highest BCUT2D eigenvalue weighted by Crippen LogP contribution is 2.35. The topological polar surface area (TPSA) is 63.7 Å². The van der Waals surface area contributed by atoms with Gasteiger partial charge in [0.1, 0.15) is 15.7 Å². The van der Waals surface area contributed by atoms with E-state index in [0.717, 1.165) is 34.6 Å². The number of nitrogens with one attached hydrogen (secondary N) is 1. The molecule has 0 radical (unpaired) electrons. The number of pyridine rings is 1. The average Bonchev–Trinajstić information content (AvgIpc) is 3.17. The molecule has 2 aromatic carbocycles. The van der Waals surface area contributed by atoms with Crippen LogP contribution in [0.4, 0.5) is 5.69 Å². The standard InChI is InChI=1S/C27H28N4OS/c1-18-17-19(2)29-26-22(18)23(28)25(33-26)27(32)31-15-13-30(14-16-31)24(20-9-5-3-6-10-20)21-11-7-4-8-12-21/h3-12,17,24H,13-16,28H2,1-2H3/p+1. The minimum atomic E-state index is 0.0302. The number of aromatic nitrogens is 1. The summed E-state index contributed by atoms with van der Waals surface area (Å²) < 4.78 is 0. The van der Waals surface area contributed by atoms with Crippen LogP contribution in [0, 0.1) is 13.8 Å². The zero-order valence-electron chi connectivity index (χ0n) is 19.0. The number of rotatable bonds is 4. The highest BCUT2D eigenvalue weighted by molar-refractivity contribution is 7.21. The summed E-state index contributed by atoms with van der Waals surface area (Å²) >= 11 is 1.42. The Kier molecular flexibility index (Phi) is 5.87. The normalized spacial score (nSPS) is 14.8. The molecule has 0 unspecified atom stereocenters. The summed E-state index contributed by atoms with van der Waals surface area (Å²) in [6, 6.07) is 23.6. The lowest BCUT2D eigenvalue weighted by molar-refractivity contribution is -0.929. The van der Waals surface area contributed by atoms with Crippen LogP contribution in [0.5, 0.6) is 0 Å². The van der Waals surface area contributed by atoms with Gasteiger partial charge in [-0.2, -0.15) is 0 Å². The third-order valence-corrected chi connectivity index (χ3v) is 7.67. The molecule has 0 bridgehead atoms. The number of carbonyl (C=O) groups excluding carboxylic acids is 1. The van der Waals surface area contributed by atoms with Crippen molar-refractivity contribution in [1.29, 1.82) is 0 Å².